The zero-order chi connectivity index (χ0) is 10.6. The van der Waals surface area contributed by atoms with Crippen LogP contribution in [0.4, 0.5) is 0 Å². The number of aryl methyl sites for hydroxylation is 1. The third-order valence-corrected chi connectivity index (χ3v) is 1.76. The molecule has 3 N–H and O–H groups in total. The highest BCUT2D eigenvalue weighted by Crippen LogP contribution is 1.95. The van der Waals surface area contributed by atoms with Crippen molar-refractivity contribution in [3.8, 4) is 0 Å². The topological polar surface area (TPSA) is 94.0 Å². The van der Waals surface area contributed by atoms with Gasteiger partial charge in [-0.25, -0.2) is 0 Å². The van der Waals surface area contributed by atoms with Crippen LogP contribution in [-0.2, 0) is 11.3 Å². The summed E-state index contributed by atoms with van der Waals surface area (Å²) in [6, 6.07) is -0.473. The average Bonchev–Trinajstić information content (AvgIpc) is 2.59. The molecule has 0 aromatic carbocycles. The number of nitrogens with zero attached hydrogens (tertiary/aromatic N) is 2. The van der Waals surface area contributed by atoms with Gasteiger partial charge in [0, 0.05) is 0 Å². The lowest BCUT2D eigenvalue weighted by Crippen LogP contribution is -2.39. The van der Waals surface area contributed by atoms with Crippen molar-refractivity contribution in [2.45, 2.75) is 32.9 Å². The molecule has 0 fully saturated rings. The third kappa shape index (κ3) is 2.81. The maximum atomic E-state index is 11.2. The standard InChI is InChI=1S/C8H14N4O2/c1-3-6(9)8(13)10-4-7-11-5(2)12-14-7/h6H,3-4,9H2,1-2H3,(H,10,13). The smallest absolute Gasteiger partial charge is 0.246 e. The molecular formula is C8H14N4O2. The van der Waals surface area contributed by atoms with E-state index in [0.717, 1.165) is 0 Å². The van der Waals surface area contributed by atoms with Gasteiger partial charge in [-0.1, -0.05) is 12.1 Å². The molecule has 0 saturated carbocycles. The van der Waals surface area contributed by atoms with Crippen LogP contribution < -0.4 is 11.1 Å². The number of hydrogen-bond donors (Lipinski definition) is 2. The average molecular weight is 198 g/mol. The molecule has 0 radical (unpaired) electrons. The number of carbonyl (C=O) groups excluding carboxylic acids is 1. The van der Waals surface area contributed by atoms with Gasteiger partial charge in [-0.15, -0.1) is 0 Å². The van der Waals surface area contributed by atoms with E-state index in [9.17, 15) is 4.79 Å². The summed E-state index contributed by atoms with van der Waals surface area (Å²) in [4.78, 5) is 15.2. The fraction of sp³-hybridized carbons (Fsp3) is 0.625. The Morgan fingerprint density at radius 3 is 2.93 bits per heavy atom. The minimum absolute atomic E-state index is 0.205. The van der Waals surface area contributed by atoms with Gasteiger partial charge in [0.25, 0.3) is 0 Å². The second-order valence-corrected chi connectivity index (χ2v) is 2.97. The van der Waals surface area contributed by atoms with Crippen LogP contribution >= 0.6 is 0 Å². The Bertz CT molecular complexity index is 310. The van der Waals surface area contributed by atoms with E-state index in [1.807, 2.05) is 6.92 Å². The van der Waals surface area contributed by atoms with Crippen molar-refractivity contribution in [1.82, 2.24) is 15.5 Å². The normalized spacial score (nSPS) is 12.5. The lowest BCUT2D eigenvalue weighted by atomic mass is 10.2. The van der Waals surface area contributed by atoms with E-state index < -0.39 is 6.04 Å². The molecule has 1 unspecified atom stereocenters. The van der Waals surface area contributed by atoms with Gasteiger partial charge in [-0.2, -0.15) is 4.98 Å². The number of nitrogens with two attached hydrogens (primary N) is 1. The van der Waals surface area contributed by atoms with Crippen LogP contribution in [0.25, 0.3) is 0 Å². The van der Waals surface area contributed by atoms with Crippen molar-refractivity contribution in [2.24, 2.45) is 5.73 Å². The quantitative estimate of drug-likeness (QED) is 0.694. The first kappa shape index (κ1) is 10.6. The van der Waals surface area contributed by atoms with Gasteiger partial charge in [0.15, 0.2) is 5.82 Å². The minimum Gasteiger partial charge on any atom is -0.346 e. The van der Waals surface area contributed by atoms with Crippen LogP contribution in [0.3, 0.4) is 0 Å². The molecule has 0 saturated heterocycles. The summed E-state index contributed by atoms with van der Waals surface area (Å²) in [5.41, 5.74) is 5.51. The number of aromatic nitrogens is 2. The van der Waals surface area contributed by atoms with Crippen LogP contribution in [0.5, 0.6) is 0 Å². The molecule has 6 heteroatoms. The molecule has 1 rings (SSSR count). The highest BCUT2D eigenvalue weighted by atomic mass is 16.5. The Morgan fingerprint density at radius 1 is 1.71 bits per heavy atom. The Hall–Kier alpha value is -1.43. The molecule has 1 aromatic rings. The maximum Gasteiger partial charge on any atom is 0.246 e. The molecular weight excluding hydrogens is 184 g/mol. The minimum atomic E-state index is -0.473. The summed E-state index contributed by atoms with van der Waals surface area (Å²) in [5, 5.41) is 6.19. The first-order valence-electron chi connectivity index (χ1n) is 4.46. The molecule has 0 spiro atoms. The van der Waals surface area contributed by atoms with Gasteiger partial charge in [0.2, 0.25) is 11.8 Å². The number of hydrogen-bond acceptors (Lipinski definition) is 5. The van der Waals surface area contributed by atoms with Crippen LogP contribution in [0.2, 0.25) is 0 Å². The second-order valence-electron chi connectivity index (χ2n) is 2.97. The van der Waals surface area contributed by atoms with Crippen LogP contribution in [0, 0.1) is 6.92 Å². The van der Waals surface area contributed by atoms with Gasteiger partial charge in [0.1, 0.15) is 0 Å². The Labute approximate surface area is 81.9 Å². The van der Waals surface area contributed by atoms with Gasteiger partial charge >= 0.3 is 0 Å². The Balaban J connectivity index is 2.37. The van der Waals surface area contributed by atoms with Crippen LogP contribution in [-0.4, -0.2) is 22.1 Å². The fourth-order valence-electron chi connectivity index (χ4n) is 0.891. The molecule has 6 nitrogen and oxygen atoms in total. The van der Waals surface area contributed by atoms with Gasteiger partial charge < -0.3 is 15.6 Å². The van der Waals surface area contributed by atoms with E-state index in [1.54, 1.807) is 6.92 Å². The molecule has 14 heavy (non-hydrogen) atoms. The summed E-state index contributed by atoms with van der Waals surface area (Å²) >= 11 is 0. The highest BCUT2D eigenvalue weighted by molar-refractivity contribution is 5.81. The molecule has 1 atom stereocenters. The molecule has 78 valence electrons. The second kappa shape index (κ2) is 4.71. The van der Waals surface area contributed by atoms with E-state index in [0.29, 0.717) is 18.1 Å². The first-order valence-corrected chi connectivity index (χ1v) is 4.46. The molecule has 0 aliphatic carbocycles. The molecule has 1 amide bonds. The summed E-state index contributed by atoms with van der Waals surface area (Å²) in [7, 11) is 0. The lowest BCUT2D eigenvalue weighted by Gasteiger charge is -2.07. The van der Waals surface area contributed by atoms with Crippen molar-refractivity contribution in [1.29, 1.82) is 0 Å². The van der Waals surface area contributed by atoms with E-state index in [4.69, 9.17) is 10.3 Å². The third-order valence-electron chi connectivity index (χ3n) is 1.76. The maximum absolute atomic E-state index is 11.2. The largest absolute Gasteiger partial charge is 0.346 e. The van der Waals surface area contributed by atoms with Crippen molar-refractivity contribution >= 4 is 5.91 Å². The van der Waals surface area contributed by atoms with Gasteiger partial charge in [-0.3, -0.25) is 4.79 Å². The summed E-state index contributed by atoms with van der Waals surface area (Å²) < 4.78 is 4.81. The van der Waals surface area contributed by atoms with E-state index in [2.05, 4.69) is 15.5 Å². The van der Waals surface area contributed by atoms with Crippen LogP contribution in [0.1, 0.15) is 25.1 Å². The highest BCUT2D eigenvalue weighted by Gasteiger charge is 2.11. The number of amides is 1. The number of rotatable bonds is 4. The predicted octanol–water partition coefficient (Wildman–Crippen LogP) is -0.268. The van der Waals surface area contributed by atoms with Crippen molar-refractivity contribution in [2.75, 3.05) is 0 Å². The lowest BCUT2D eigenvalue weighted by molar-refractivity contribution is -0.122. The van der Waals surface area contributed by atoms with Crippen LogP contribution in [0.15, 0.2) is 4.52 Å². The summed E-state index contributed by atoms with van der Waals surface area (Å²) in [5.74, 6) is 0.733. The predicted molar refractivity (Wildman–Crippen MR) is 49.1 cm³/mol. The van der Waals surface area contributed by atoms with E-state index >= 15 is 0 Å². The summed E-state index contributed by atoms with van der Waals surface area (Å²) in [6.45, 7) is 3.79. The first-order chi connectivity index (χ1) is 6.63. The zero-order valence-corrected chi connectivity index (χ0v) is 8.28. The molecule has 1 heterocycles. The van der Waals surface area contributed by atoms with Crippen molar-refractivity contribution in [3.63, 3.8) is 0 Å². The van der Waals surface area contributed by atoms with Crippen molar-refractivity contribution in [3.05, 3.63) is 11.7 Å². The van der Waals surface area contributed by atoms with Gasteiger partial charge in [-0.05, 0) is 13.3 Å². The number of nitrogens with one attached hydrogen (secondary N) is 1. The molecule has 0 bridgehead atoms. The number of carbonyl (C=O) groups is 1. The van der Waals surface area contributed by atoms with E-state index in [1.165, 1.54) is 0 Å². The summed E-state index contributed by atoms with van der Waals surface area (Å²) in [6.07, 6.45) is 0.606. The SMILES string of the molecule is CCC(N)C(=O)NCc1nc(C)no1. The monoisotopic (exact) mass is 198 g/mol. The molecule has 1 aromatic heterocycles. The Kier molecular flexibility index (Phi) is 3.58. The molecule has 0 aliphatic heterocycles. The Morgan fingerprint density at radius 2 is 2.43 bits per heavy atom. The molecule has 0 aliphatic rings. The van der Waals surface area contributed by atoms with Crippen molar-refractivity contribution < 1.29 is 9.32 Å². The van der Waals surface area contributed by atoms with Gasteiger partial charge in [0.05, 0.1) is 12.6 Å². The fourth-order valence-corrected chi connectivity index (χ4v) is 0.891. The zero-order valence-electron chi connectivity index (χ0n) is 8.28. The van der Waals surface area contributed by atoms with E-state index in [-0.39, 0.29) is 12.5 Å².